The second-order valence-corrected chi connectivity index (χ2v) is 2.97. The van der Waals surface area contributed by atoms with Crippen LogP contribution in [0.1, 0.15) is 5.56 Å². The number of nitro groups is 1. The molecule has 2 rings (SSSR count). The summed E-state index contributed by atoms with van der Waals surface area (Å²) >= 11 is 0. The number of fused-ring (bicyclic) bond motifs is 1. The van der Waals surface area contributed by atoms with Gasteiger partial charge in [-0.25, -0.2) is 0 Å². The molecule has 5 heteroatoms. The van der Waals surface area contributed by atoms with Gasteiger partial charge in [0.05, 0.1) is 11.2 Å². The predicted molar refractivity (Wildman–Crippen MR) is 49.3 cm³/mol. The molecule has 1 aromatic carbocycles. The number of phenols is 1. The SMILES string of the molecule is Cc1c(O)c([N+](=O)[O-])cc2ccoc12. The fraction of sp³-hybridized carbons (Fsp3) is 0.111. The highest BCUT2D eigenvalue weighted by Crippen LogP contribution is 2.35. The summed E-state index contributed by atoms with van der Waals surface area (Å²) in [6, 6.07) is 2.91. The van der Waals surface area contributed by atoms with Gasteiger partial charge >= 0.3 is 5.69 Å². The van der Waals surface area contributed by atoms with Crippen molar-refractivity contribution in [1.29, 1.82) is 0 Å². The summed E-state index contributed by atoms with van der Waals surface area (Å²) in [5.74, 6) is -0.336. The average Bonchev–Trinajstić information content (AvgIpc) is 2.58. The summed E-state index contributed by atoms with van der Waals surface area (Å²) in [5, 5.41) is 20.7. The highest BCUT2D eigenvalue weighted by molar-refractivity contribution is 5.86. The van der Waals surface area contributed by atoms with Crippen molar-refractivity contribution in [3.63, 3.8) is 0 Å². The Kier molecular flexibility index (Phi) is 1.67. The number of furan rings is 1. The molecular formula is C9H7NO4. The minimum atomic E-state index is -0.616. The molecule has 0 aliphatic heterocycles. The minimum absolute atomic E-state index is 0.295. The summed E-state index contributed by atoms with van der Waals surface area (Å²) in [6.07, 6.45) is 1.43. The van der Waals surface area contributed by atoms with Crippen LogP contribution in [0.5, 0.6) is 5.75 Å². The first-order chi connectivity index (χ1) is 6.61. The van der Waals surface area contributed by atoms with Crippen LogP contribution < -0.4 is 0 Å². The fourth-order valence-electron chi connectivity index (χ4n) is 1.39. The summed E-state index contributed by atoms with van der Waals surface area (Å²) in [4.78, 5) is 9.94. The van der Waals surface area contributed by atoms with Crippen LogP contribution in [0.2, 0.25) is 0 Å². The van der Waals surface area contributed by atoms with Gasteiger partial charge in [0.25, 0.3) is 0 Å². The molecule has 5 nitrogen and oxygen atoms in total. The number of hydrogen-bond acceptors (Lipinski definition) is 4. The van der Waals surface area contributed by atoms with Crippen LogP contribution >= 0.6 is 0 Å². The molecule has 1 N–H and O–H groups in total. The molecule has 0 bridgehead atoms. The van der Waals surface area contributed by atoms with Gasteiger partial charge in [0.2, 0.25) is 5.75 Å². The van der Waals surface area contributed by atoms with E-state index in [0.717, 1.165) is 0 Å². The van der Waals surface area contributed by atoms with Gasteiger partial charge in [0, 0.05) is 17.0 Å². The largest absolute Gasteiger partial charge is 0.502 e. The number of benzene rings is 1. The molecule has 0 fully saturated rings. The molecule has 0 atom stereocenters. The lowest BCUT2D eigenvalue weighted by molar-refractivity contribution is -0.385. The fourth-order valence-corrected chi connectivity index (χ4v) is 1.39. The van der Waals surface area contributed by atoms with E-state index >= 15 is 0 Å². The van der Waals surface area contributed by atoms with E-state index in [1.54, 1.807) is 13.0 Å². The lowest BCUT2D eigenvalue weighted by Crippen LogP contribution is -1.90. The van der Waals surface area contributed by atoms with E-state index in [2.05, 4.69) is 0 Å². The van der Waals surface area contributed by atoms with Crippen LogP contribution in [0.4, 0.5) is 5.69 Å². The van der Waals surface area contributed by atoms with Gasteiger partial charge in [0.1, 0.15) is 5.58 Å². The molecule has 0 saturated carbocycles. The Labute approximate surface area is 78.7 Å². The monoisotopic (exact) mass is 193 g/mol. The summed E-state index contributed by atoms with van der Waals surface area (Å²) < 4.78 is 5.08. The first kappa shape index (κ1) is 8.55. The van der Waals surface area contributed by atoms with E-state index < -0.39 is 4.92 Å². The van der Waals surface area contributed by atoms with Crippen LogP contribution in [0.25, 0.3) is 11.0 Å². The van der Waals surface area contributed by atoms with Crippen LogP contribution in [0.15, 0.2) is 22.8 Å². The molecule has 0 aliphatic carbocycles. The molecule has 1 aromatic heterocycles. The third-order valence-corrected chi connectivity index (χ3v) is 2.12. The molecular weight excluding hydrogens is 186 g/mol. The molecule has 14 heavy (non-hydrogen) atoms. The Morgan fingerprint density at radius 1 is 1.57 bits per heavy atom. The Bertz CT molecular complexity index is 515. The van der Waals surface area contributed by atoms with E-state index in [1.165, 1.54) is 12.3 Å². The van der Waals surface area contributed by atoms with Crippen molar-refractivity contribution < 1.29 is 14.4 Å². The zero-order valence-corrected chi connectivity index (χ0v) is 7.35. The Balaban J connectivity index is 2.87. The first-order valence-electron chi connectivity index (χ1n) is 3.95. The van der Waals surface area contributed by atoms with Gasteiger partial charge in [0.15, 0.2) is 0 Å². The molecule has 0 radical (unpaired) electrons. The average molecular weight is 193 g/mol. The number of hydrogen-bond donors (Lipinski definition) is 1. The Morgan fingerprint density at radius 3 is 2.93 bits per heavy atom. The van der Waals surface area contributed by atoms with Crippen LogP contribution in [-0.4, -0.2) is 10.0 Å². The number of aromatic hydroxyl groups is 1. The zero-order chi connectivity index (χ0) is 10.3. The van der Waals surface area contributed by atoms with E-state index in [4.69, 9.17) is 4.42 Å². The molecule has 0 amide bonds. The van der Waals surface area contributed by atoms with Gasteiger partial charge in [-0.15, -0.1) is 0 Å². The number of aryl methyl sites for hydroxylation is 1. The number of rotatable bonds is 1. The molecule has 0 saturated heterocycles. The highest BCUT2D eigenvalue weighted by Gasteiger charge is 2.19. The van der Waals surface area contributed by atoms with Crippen molar-refractivity contribution in [3.8, 4) is 5.75 Å². The van der Waals surface area contributed by atoms with Crippen molar-refractivity contribution >= 4 is 16.7 Å². The lowest BCUT2D eigenvalue weighted by Gasteiger charge is -2.00. The Hall–Kier alpha value is -2.04. The van der Waals surface area contributed by atoms with E-state index in [0.29, 0.717) is 16.5 Å². The molecule has 72 valence electrons. The summed E-state index contributed by atoms with van der Waals surface area (Å²) in [5.41, 5.74) is 0.573. The number of nitrogens with zero attached hydrogens (tertiary/aromatic N) is 1. The van der Waals surface area contributed by atoms with Gasteiger partial charge in [-0.05, 0) is 13.0 Å². The van der Waals surface area contributed by atoms with Crippen LogP contribution in [0, 0.1) is 17.0 Å². The number of nitro benzene ring substituents is 1. The van der Waals surface area contributed by atoms with Crippen molar-refractivity contribution in [2.45, 2.75) is 6.92 Å². The van der Waals surface area contributed by atoms with Crippen molar-refractivity contribution in [2.75, 3.05) is 0 Å². The second-order valence-electron chi connectivity index (χ2n) is 2.97. The van der Waals surface area contributed by atoms with Gasteiger partial charge in [-0.3, -0.25) is 10.1 Å². The highest BCUT2D eigenvalue weighted by atomic mass is 16.6. The molecule has 0 aliphatic rings. The summed E-state index contributed by atoms with van der Waals surface area (Å²) in [7, 11) is 0. The maximum Gasteiger partial charge on any atom is 0.311 e. The maximum atomic E-state index is 10.6. The van der Waals surface area contributed by atoms with Gasteiger partial charge < -0.3 is 9.52 Å². The Morgan fingerprint density at radius 2 is 2.29 bits per heavy atom. The summed E-state index contributed by atoms with van der Waals surface area (Å²) in [6.45, 7) is 1.58. The smallest absolute Gasteiger partial charge is 0.311 e. The molecule has 0 unspecified atom stereocenters. The van der Waals surface area contributed by atoms with E-state index in [1.807, 2.05) is 0 Å². The number of phenolic OH excluding ortho intramolecular Hbond substituents is 1. The van der Waals surface area contributed by atoms with Crippen LogP contribution in [-0.2, 0) is 0 Å². The standard InChI is InChI=1S/C9H7NO4/c1-5-8(11)7(10(12)13)4-6-2-3-14-9(5)6/h2-4,11H,1H3. The van der Waals surface area contributed by atoms with Gasteiger partial charge in [-0.2, -0.15) is 0 Å². The minimum Gasteiger partial charge on any atom is -0.502 e. The third-order valence-electron chi connectivity index (χ3n) is 2.12. The first-order valence-corrected chi connectivity index (χ1v) is 3.95. The quantitative estimate of drug-likeness (QED) is 0.557. The maximum absolute atomic E-state index is 10.6. The van der Waals surface area contributed by atoms with Crippen molar-refractivity contribution in [2.24, 2.45) is 0 Å². The predicted octanol–water partition coefficient (Wildman–Crippen LogP) is 2.36. The van der Waals surface area contributed by atoms with E-state index in [9.17, 15) is 15.2 Å². The van der Waals surface area contributed by atoms with Crippen LogP contribution in [0.3, 0.4) is 0 Å². The van der Waals surface area contributed by atoms with Gasteiger partial charge in [-0.1, -0.05) is 0 Å². The van der Waals surface area contributed by atoms with Crippen molar-refractivity contribution in [1.82, 2.24) is 0 Å². The van der Waals surface area contributed by atoms with Crippen molar-refractivity contribution in [3.05, 3.63) is 34.1 Å². The topological polar surface area (TPSA) is 76.5 Å². The molecule has 0 spiro atoms. The molecule has 2 aromatic rings. The lowest BCUT2D eigenvalue weighted by atomic mass is 10.1. The zero-order valence-electron chi connectivity index (χ0n) is 7.35. The molecule has 1 heterocycles. The van der Waals surface area contributed by atoms with E-state index in [-0.39, 0.29) is 11.4 Å². The normalized spacial score (nSPS) is 10.6. The third kappa shape index (κ3) is 1.02. The second kappa shape index (κ2) is 2.73.